The molecule has 0 heterocycles. The van der Waals surface area contributed by atoms with Crippen LogP contribution in [0.25, 0.3) is 0 Å². The number of benzene rings is 1. The van der Waals surface area contributed by atoms with Crippen molar-refractivity contribution < 1.29 is 19.1 Å². The van der Waals surface area contributed by atoms with E-state index in [1.165, 1.54) is 0 Å². The minimum Gasteiger partial charge on any atom is -0.481 e. The molecule has 6 heteroatoms. The average molecular weight is 314 g/mol. The van der Waals surface area contributed by atoms with Crippen molar-refractivity contribution in [3.05, 3.63) is 29.3 Å². The van der Waals surface area contributed by atoms with Crippen LogP contribution in [0.4, 0.5) is 0 Å². The van der Waals surface area contributed by atoms with Crippen molar-refractivity contribution in [2.45, 2.75) is 39.4 Å². The molecule has 0 spiro atoms. The van der Waals surface area contributed by atoms with Crippen molar-refractivity contribution in [1.82, 2.24) is 5.32 Å². The van der Waals surface area contributed by atoms with Gasteiger partial charge in [-0.15, -0.1) is 0 Å². The zero-order valence-corrected chi connectivity index (χ0v) is 13.1. The highest BCUT2D eigenvalue weighted by molar-refractivity contribution is 6.30. The van der Waals surface area contributed by atoms with Crippen LogP contribution >= 0.6 is 11.6 Å². The monoisotopic (exact) mass is 313 g/mol. The van der Waals surface area contributed by atoms with Crippen LogP contribution in [0, 0.1) is 0 Å². The zero-order chi connectivity index (χ0) is 15.8. The van der Waals surface area contributed by atoms with Crippen LogP contribution in [0.2, 0.25) is 5.02 Å². The molecule has 5 nitrogen and oxygen atoms in total. The lowest BCUT2D eigenvalue weighted by Crippen LogP contribution is -2.37. The van der Waals surface area contributed by atoms with Gasteiger partial charge in [0.2, 0.25) is 0 Å². The third kappa shape index (κ3) is 6.99. The number of carbonyl (C=O) groups excluding carboxylic acids is 2. The number of hydrogen-bond acceptors (Lipinski definition) is 4. The summed E-state index contributed by atoms with van der Waals surface area (Å²) >= 11 is 5.77. The summed E-state index contributed by atoms with van der Waals surface area (Å²) in [7, 11) is 0. The summed E-state index contributed by atoms with van der Waals surface area (Å²) in [5.41, 5.74) is 0. The van der Waals surface area contributed by atoms with Gasteiger partial charge in [0, 0.05) is 11.6 Å². The van der Waals surface area contributed by atoms with Crippen molar-refractivity contribution in [3.63, 3.8) is 0 Å². The Bertz CT molecular complexity index is 473. The molecule has 0 aliphatic rings. The van der Waals surface area contributed by atoms with E-state index in [4.69, 9.17) is 21.1 Å². The Kier molecular flexibility index (Phi) is 7.02. The van der Waals surface area contributed by atoms with Gasteiger partial charge >= 0.3 is 5.97 Å². The van der Waals surface area contributed by atoms with E-state index in [0.717, 1.165) is 0 Å². The van der Waals surface area contributed by atoms with Crippen molar-refractivity contribution in [2.75, 3.05) is 6.54 Å². The van der Waals surface area contributed by atoms with Crippen molar-refractivity contribution >= 4 is 23.5 Å². The van der Waals surface area contributed by atoms with Crippen LogP contribution in [0.15, 0.2) is 24.3 Å². The lowest BCUT2D eigenvalue weighted by molar-refractivity contribution is -0.147. The lowest BCUT2D eigenvalue weighted by atomic mass is 10.3. The highest BCUT2D eigenvalue weighted by Crippen LogP contribution is 2.16. The molecule has 0 fully saturated rings. The number of ether oxygens (including phenoxy) is 2. The summed E-state index contributed by atoms with van der Waals surface area (Å²) in [6.07, 6.45) is -0.676. The Morgan fingerprint density at radius 2 is 1.81 bits per heavy atom. The van der Waals surface area contributed by atoms with Crippen molar-refractivity contribution in [2.24, 2.45) is 0 Å². The summed E-state index contributed by atoms with van der Waals surface area (Å²) in [5.74, 6) is -0.0693. The molecule has 0 aromatic heterocycles. The number of esters is 1. The fraction of sp³-hybridized carbons (Fsp3) is 0.467. The summed E-state index contributed by atoms with van der Waals surface area (Å²) in [4.78, 5) is 23.1. The second-order valence-corrected chi connectivity index (χ2v) is 5.23. The van der Waals surface area contributed by atoms with Crippen LogP contribution < -0.4 is 10.1 Å². The maximum absolute atomic E-state index is 11.8. The number of hydrogen-bond donors (Lipinski definition) is 1. The summed E-state index contributed by atoms with van der Waals surface area (Å²) in [6, 6.07) is 6.74. The van der Waals surface area contributed by atoms with Gasteiger partial charge in [0.15, 0.2) is 6.10 Å². The SMILES string of the molecule is CC(C)OC(=O)CCNC(=O)C(C)Oc1ccc(Cl)cc1. The quantitative estimate of drug-likeness (QED) is 0.786. The molecule has 0 bridgehead atoms. The molecule has 0 aliphatic heterocycles. The second kappa shape index (κ2) is 8.52. The van der Waals surface area contributed by atoms with Gasteiger partial charge in [-0.1, -0.05) is 11.6 Å². The zero-order valence-electron chi connectivity index (χ0n) is 12.4. The number of amides is 1. The average Bonchev–Trinajstić information content (AvgIpc) is 2.40. The Hall–Kier alpha value is -1.75. The molecule has 1 rings (SSSR count). The van der Waals surface area contributed by atoms with Crippen LogP contribution in [0.3, 0.4) is 0 Å². The molecular weight excluding hydrogens is 294 g/mol. The van der Waals surface area contributed by atoms with Crippen LogP contribution in [-0.4, -0.2) is 30.6 Å². The van der Waals surface area contributed by atoms with Gasteiger partial charge < -0.3 is 14.8 Å². The Morgan fingerprint density at radius 3 is 2.38 bits per heavy atom. The standard InChI is InChI=1S/C15H20ClNO4/c1-10(2)20-14(18)8-9-17-15(19)11(3)21-13-6-4-12(16)5-7-13/h4-7,10-11H,8-9H2,1-3H3,(H,17,19). The Labute approximate surface area is 129 Å². The molecule has 1 unspecified atom stereocenters. The van der Waals surface area contributed by atoms with Gasteiger partial charge in [-0.25, -0.2) is 0 Å². The first-order chi connectivity index (χ1) is 9.88. The van der Waals surface area contributed by atoms with Crippen molar-refractivity contribution in [3.8, 4) is 5.75 Å². The minimum absolute atomic E-state index is 0.136. The Morgan fingerprint density at radius 1 is 1.19 bits per heavy atom. The van der Waals surface area contributed by atoms with E-state index in [2.05, 4.69) is 5.32 Å². The molecular formula is C15H20ClNO4. The molecule has 1 atom stereocenters. The highest BCUT2D eigenvalue weighted by Gasteiger charge is 2.15. The summed E-state index contributed by atoms with van der Waals surface area (Å²) in [5, 5.41) is 3.23. The minimum atomic E-state index is -0.660. The van der Waals surface area contributed by atoms with E-state index in [9.17, 15) is 9.59 Å². The summed E-state index contributed by atoms with van der Waals surface area (Å²) < 4.78 is 10.4. The van der Waals surface area contributed by atoms with Gasteiger partial charge in [0.1, 0.15) is 5.75 Å². The van der Waals surface area contributed by atoms with Gasteiger partial charge in [-0.2, -0.15) is 0 Å². The fourth-order valence-corrected chi connectivity index (χ4v) is 1.65. The molecule has 21 heavy (non-hydrogen) atoms. The maximum Gasteiger partial charge on any atom is 0.307 e. The van der Waals surface area contributed by atoms with Gasteiger partial charge in [-0.05, 0) is 45.0 Å². The lowest BCUT2D eigenvalue weighted by Gasteiger charge is -2.15. The van der Waals surface area contributed by atoms with E-state index < -0.39 is 6.10 Å². The highest BCUT2D eigenvalue weighted by atomic mass is 35.5. The first kappa shape index (κ1) is 17.3. The number of halogens is 1. The third-order valence-electron chi connectivity index (χ3n) is 2.49. The molecule has 0 aliphatic carbocycles. The topological polar surface area (TPSA) is 64.6 Å². The largest absolute Gasteiger partial charge is 0.481 e. The third-order valence-corrected chi connectivity index (χ3v) is 2.74. The first-order valence-corrected chi connectivity index (χ1v) is 7.15. The van der Waals surface area contributed by atoms with Gasteiger partial charge in [-0.3, -0.25) is 9.59 Å². The van der Waals surface area contributed by atoms with Crippen LogP contribution in [-0.2, 0) is 14.3 Å². The predicted octanol–water partition coefficient (Wildman–Crippen LogP) is 2.57. The number of rotatable bonds is 7. The van der Waals surface area contributed by atoms with E-state index in [-0.39, 0.29) is 30.9 Å². The molecule has 0 saturated carbocycles. The normalized spacial score (nSPS) is 11.9. The Balaban J connectivity index is 2.31. The molecule has 1 aromatic rings. The number of carbonyl (C=O) groups is 2. The van der Waals surface area contributed by atoms with Crippen LogP contribution in [0.1, 0.15) is 27.2 Å². The molecule has 1 N–H and O–H groups in total. The molecule has 0 radical (unpaired) electrons. The second-order valence-electron chi connectivity index (χ2n) is 4.79. The molecule has 1 aromatic carbocycles. The van der Waals surface area contributed by atoms with Gasteiger partial charge in [0.25, 0.3) is 5.91 Å². The first-order valence-electron chi connectivity index (χ1n) is 6.78. The van der Waals surface area contributed by atoms with E-state index in [1.54, 1.807) is 45.0 Å². The van der Waals surface area contributed by atoms with Crippen LogP contribution in [0.5, 0.6) is 5.75 Å². The number of nitrogens with one attached hydrogen (secondary N) is 1. The fourth-order valence-electron chi connectivity index (χ4n) is 1.52. The van der Waals surface area contributed by atoms with E-state index in [0.29, 0.717) is 10.8 Å². The summed E-state index contributed by atoms with van der Waals surface area (Å²) in [6.45, 7) is 5.41. The predicted molar refractivity (Wildman–Crippen MR) is 80.4 cm³/mol. The van der Waals surface area contributed by atoms with E-state index in [1.807, 2.05) is 0 Å². The smallest absolute Gasteiger partial charge is 0.307 e. The molecule has 1 amide bonds. The van der Waals surface area contributed by atoms with Crippen molar-refractivity contribution in [1.29, 1.82) is 0 Å². The van der Waals surface area contributed by atoms with E-state index >= 15 is 0 Å². The molecule has 0 saturated heterocycles. The molecule has 116 valence electrons. The van der Waals surface area contributed by atoms with Gasteiger partial charge in [0.05, 0.1) is 12.5 Å². The maximum atomic E-state index is 11.8.